The molecule has 0 radical (unpaired) electrons. The van der Waals surface area contributed by atoms with Crippen LogP contribution < -0.4 is 0 Å². The molecular formula is C18H17ClO3. The van der Waals surface area contributed by atoms with E-state index in [0.717, 1.165) is 11.1 Å². The van der Waals surface area contributed by atoms with Gasteiger partial charge in [-0.05, 0) is 30.2 Å². The fraction of sp³-hybridized carbons (Fsp3) is 0.222. The second kappa shape index (κ2) is 7.76. The molecule has 2 aromatic carbocycles. The van der Waals surface area contributed by atoms with Crippen molar-refractivity contribution in [1.29, 1.82) is 0 Å². The number of Topliss-reactive ketones (excluding diaryl/α,β-unsaturated/α-hetero) is 1. The Morgan fingerprint density at radius 3 is 2.00 bits per heavy atom. The molecule has 0 atom stereocenters. The molecule has 0 aliphatic carbocycles. The minimum absolute atomic E-state index is 0.0595. The number of halogens is 1. The van der Waals surface area contributed by atoms with Crippen LogP contribution in [0.1, 0.15) is 30.1 Å². The summed E-state index contributed by atoms with van der Waals surface area (Å²) in [6.45, 7) is 2.08. The summed E-state index contributed by atoms with van der Waals surface area (Å²) in [6.07, 6.45) is 0.282. The molecule has 2 rings (SSSR count). The third kappa shape index (κ3) is 4.43. The molecule has 0 unspecified atom stereocenters. The van der Waals surface area contributed by atoms with E-state index >= 15 is 0 Å². The van der Waals surface area contributed by atoms with Gasteiger partial charge in [0.15, 0.2) is 5.78 Å². The van der Waals surface area contributed by atoms with Gasteiger partial charge in [0.25, 0.3) is 0 Å². The number of benzene rings is 2. The van der Waals surface area contributed by atoms with Crippen LogP contribution in [0.2, 0.25) is 5.02 Å². The Morgan fingerprint density at radius 1 is 0.909 bits per heavy atom. The Hall–Kier alpha value is -2.13. The van der Waals surface area contributed by atoms with E-state index in [2.05, 4.69) is 0 Å². The number of hydrogen-bond acceptors (Lipinski definition) is 3. The van der Waals surface area contributed by atoms with Gasteiger partial charge in [-0.1, -0.05) is 48.0 Å². The molecule has 2 aromatic rings. The highest BCUT2D eigenvalue weighted by molar-refractivity contribution is 6.30. The van der Waals surface area contributed by atoms with Crippen molar-refractivity contribution < 1.29 is 14.3 Å². The van der Waals surface area contributed by atoms with Gasteiger partial charge in [0.2, 0.25) is 0 Å². The van der Waals surface area contributed by atoms with Gasteiger partial charge in [0.05, 0.1) is 13.0 Å². The molecule has 0 spiro atoms. The summed E-state index contributed by atoms with van der Waals surface area (Å²) in [5.41, 5.74) is 2.65. The average Bonchev–Trinajstić information content (AvgIpc) is 2.54. The maximum atomic E-state index is 12.0. The zero-order valence-electron chi connectivity index (χ0n) is 12.3. The molecule has 0 saturated carbocycles. The van der Waals surface area contributed by atoms with Crippen molar-refractivity contribution in [3.8, 4) is 11.1 Å². The molecule has 0 fully saturated rings. The first-order valence-electron chi connectivity index (χ1n) is 7.15. The Balaban J connectivity index is 2.00. The van der Waals surface area contributed by atoms with Gasteiger partial charge in [-0.15, -0.1) is 0 Å². The smallest absolute Gasteiger partial charge is 0.306 e. The summed E-state index contributed by atoms with van der Waals surface area (Å²) in [6, 6.07) is 14.8. The van der Waals surface area contributed by atoms with Crippen molar-refractivity contribution in [3.63, 3.8) is 0 Å². The first-order chi connectivity index (χ1) is 10.6. The van der Waals surface area contributed by atoms with Crippen LogP contribution in [0.3, 0.4) is 0 Å². The number of rotatable bonds is 6. The molecule has 114 valence electrons. The molecule has 0 aliphatic rings. The van der Waals surface area contributed by atoms with Crippen molar-refractivity contribution in [2.45, 2.75) is 19.8 Å². The lowest BCUT2D eigenvalue weighted by Crippen LogP contribution is -2.07. The number of esters is 1. The van der Waals surface area contributed by atoms with E-state index in [1.165, 1.54) is 0 Å². The van der Waals surface area contributed by atoms with Gasteiger partial charge < -0.3 is 4.74 Å². The first-order valence-corrected chi connectivity index (χ1v) is 7.52. The van der Waals surface area contributed by atoms with E-state index in [9.17, 15) is 9.59 Å². The summed E-state index contributed by atoms with van der Waals surface area (Å²) in [5.74, 6) is -0.399. The Labute approximate surface area is 134 Å². The molecule has 0 heterocycles. The summed E-state index contributed by atoms with van der Waals surface area (Å²) >= 11 is 5.87. The highest BCUT2D eigenvalue weighted by Gasteiger charge is 2.10. The van der Waals surface area contributed by atoms with Crippen molar-refractivity contribution >= 4 is 23.4 Å². The fourth-order valence-corrected chi connectivity index (χ4v) is 2.21. The van der Waals surface area contributed by atoms with Gasteiger partial charge in [-0.2, -0.15) is 0 Å². The lowest BCUT2D eigenvalue weighted by atomic mass is 10.0. The topological polar surface area (TPSA) is 43.4 Å². The average molecular weight is 317 g/mol. The van der Waals surface area contributed by atoms with Gasteiger partial charge in [-0.3, -0.25) is 9.59 Å². The van der Waals surface area contributed by atoms with Crippen molar-refractivity contribution in [1.82, 2.24) is 0 Å². The first kappa shape index (κ1) is 16.2. The SMILES string of the molecule is CCOC(=O)CCC(=O)c1ccc(-c2ccc(Cl)cc2)cc1. The third-order valence-electron chi connectivity index (χ3n) is 3.25. The van der Waals surface area contributed by atoms with E-state index in [1.807, 2.05) is 36.4 Å². The quantitative estimate of drug-likeness (QED) is 0.580. The van der Waals surface area contributed by atoms with Gasteiger partial charge >= 0.3 is 5.97 Å². The molecule has 0 aromatic heterocycles. The fourth-order valence-electron chi connectivity index (χ4n) is 2.08. The molecule has 3 nitrogen and oxygen atoms in total. The Morgan fingerprint density at radius 2 is 1.45 bits per heavy atom. The maximum absolute atomic E-state index is 12.0. The highest BCUT2D eigenvalue weighted by Crippen LogP contribution is 2.22. The summed E-state index contributed by atoms with van der Waals surface area (Å²) in [7, 11) is 0. The second-order valence-corrected chi connectivity index (χ2v) is 5.25. The zero-order chi connectivity index (χ0) is 15.9. The third-order valence-corrected chi connectivity index (χ3v) is 3.50. The van der Waals surface area contributed by atoms with Crippen LogP contribution in [0.5, 0.6) is 0 Å². The molecule has 4 heteroatoms. The van der Waals surface area contributed by atoms with Gasteiger partial charge in [-0.25, -0.2) is 0 Å². The minimum atomic E-state index is -0.339. The lowest BCUT2D eigenvalue weighted by Gasteiger charge is -2.05. The number of hydrogen-bond donors (Lipinski definition) is 0. The van der Waals surface area contributed by atoms with Gasteiger partial charge in [0, 0.05) is 17.0 Å². The minimum Gasteiger partial charge on any atom is -0.466 e. The molecular weight excluding hydrogens is 300 g/mol. The monoisotopic (exact) mass is 316 g/mol. The number of ketones is 1. The summed E-state index contributed by atoms with van der Waals surface area (Å²) < 4.78 is 4.81. The number of carbonyl (C=O) groups is 2. The number of ether oxygens (including phenoxy) is 1. The predicted molar refractivity (Wildman–Crippen MR) is 87.1 cm³/mol. The molecule has 0 saturated heterocycles. The van der Waals surface area contributed by atoms with E-state index in [4.69, 9.17) is 16.3 Å². The Kier molecular flexibility index (Phi) is 5.73. The van der Waals surface area contributed by atoms with Crippen LogP contribution in [-0.4, -0.2) is 18.4 Å². The number of carbonyl (C=O) groups excluding carboxylic acids is 2. The van der Waals surface area contributed by atoms with Crippen molar-refractivity contribution in [2.24, 2.45) is 0 Å². The van der Waals surface area contributed by atoms with E-state index < -0.39 is 0 Å². The molecule has 0 bridgehead atoms. The predicted octanol–water partition coefficient (Wildman–Crippen LogP) is 4.53. The van der Waals surface area contributed by atoms with E-state index in [-0.39, 0.29) is 24.6 Å². The molecule has 0 aliphatic heterocycles. The molecule has 22 heavy (non-hydrogen) atoms. The van der Waals surface area contributed by atoms with Crippen molar-refractivity contribution in [3.05, 3.63) is 59.1 Å². The molecule has 0 N–H and O–H groups in total. The second-order valence-electron chi connectivity index (χ2n) is 4.81. The molecule has 0 amide bonds. The normalized spacial score (nSPS) is 10.3. The van der Waals surface area contributed by atoms with Gasteiger partial charge in [0.1, 0.15) is 0 Å². The van der Waals surface area contributed by atoms with Crippen LogP contribution in [0.4, 0.5) is 0 Å². The Bertz CT molecular complexity index is 645. The van der Waals surface area contributed by atoms with Crippen LogP contribution in [0.25, 0.3) is 11.1 Å². The maximum Gasteiger partial charge on any atom is 0.306 e. The van der Waals surface area contributed by atoms with Crippen LogP contribution >= 0.6 is 11.6 Å². The summed E-state index contributed by atoms with van der Waals surface area (Å²) in [4.78, 5) is 23.3. The van der Waals surface area contributed by atoms with Crippen LogP contribution in [0, 0.1) is 0 Å². The highest BCUT2D eigenvalue weighted by atomic mass is 35.5. The van der Waals surface area contributed by atoms with E-state index in [0.29, 0.717) is 17.2 Å². The van der Waals surface area contributed by atoms with Crippen LogP contribution in [0.15, 0.2) is 48.5 Å². The van der Waals surface area contributed by atoms with Crippen molar-refractivity contribution in [2.75, 3.05) is 6.61 Å². The van der Waals surface area contributed by atoms with Crippen LogP contribution in [-0.2, 0) is 9.53 Å². The van der Waals surface area contributed by atoms with E-state index in [1.54, 1.807) is 19.1 Å². The summed E-state index contributed by atoms with van der Waals surface area (Å²) in [5, 5.41) is 0.689. The standard InChI is InChI=1S/C18H17ClO3/c1-2-22-18(21)12-11-17(20)15-5-3-13(4-6-15)14-7-9-16(19)10-8-14/h3-10H,2,11-12H2,1H3. The zero-order valence-corrected chi connectivity index (χ0v) is 13.1. The lowest BCUT2D eigenvalue weighted by molar-refractivity contribution is -0.143. The largest absolute Gasteiger partial charge is 0.466 e.